The molecule has 136 valence electrons. The maximum atomic E-state index is 11.4. The van der Waals surface area contributed by atoms with E-state index < -0.39 is 11.2 Å². The molecule has 9 nitrogen and oxygen atoms in total. The van der Waals surface area contributed by atoms with Crippen LogP contribution >= 0.6 is 11.8 Å². The highest BCUT2D eigenvalue weighted by Gasteiger charge is 2.12. The lowest BCUT2D eigenvalue weighted by Crippen LogP contribution is -2.17. The van der Waals surface area contributed by atoms with Gasteiger partial charge in [0.2, 0.25) is 10.6 Å². The molecule has 0 bridgehead atoms. The molecule has 1 aromatic carbocycles. The smallest absolute Gasteiger partial charge is 0.226 e. The van der Waals surface area contributed by atoms with Crippen LogP contribution in [0.2, 0.25) is 0 Å². The van der Waals surface area contributed by atoms with Crippen molar-refractivity contribution in [1.29, 1.82) is 0 Å². The van der Waals surface area contributed by atoms with Gasteiger partial charge in [0.25, 0.3) is 0 Å². The van der Waals surface area contributed by atoms with Crippen molar-refractivity contribution in [2.24, 2.45) is 0 Å². The zero-order valence-corrected chi connectivity index (χ0v) is 14.5. The lowest BCUT2D eigenvalue weighted by atomic mass is 10.2. The Balaban J connectivity index is 1.71. The number of thioether (sulfide) groups is 1. The Morgan fingerprint density at radius 1 is 1.23 bits per heavy atom. The van der Waals surface area contributed by atoms with E-state index in [0.29, 0.717) is 28.1 Å². The SMILES string of the molecule is Cc1nnc(SCc2cc(=O)c(O)co2)n1NCc1cccc(O)c1O. The third-order valence-electron chi connectivity index (χ3n) is 3.53. The topological polar surface area (TPSA) is 134 Å². The molecule has 0 saturated carbocycles. The number of benzene rings is 1. The summed E-state index contributed by atoms with van der Waals surface area (Å²) in [6, 6.07) is 5.93. The van der Waals surface area contributed by atoms with Crippen molar-refractivity contribution < 1.29 is 19.7 Å². The Hall–Kier alpha value is -3.14. The highest BCUT2D eigenvalue weighted by atomic mass is 32.2. The number of aryl methyl sites for hydroxylation is 1. The predicted octanol–water partition coefficient (Wildman–Crippen LogP) is 1.69. The van der Waals surface area contributed by atoms with Crippen LogP contribution in [-0.4, -0.2) is 30.2 Å². The number of nitrogens with one attached hydrogen (secondary N) is 1. The average molecular weight is 376 g/mol. The Morgan fingerprint density at radius 2 is 2.04 bits per heavy atom. The lowest BCUT2D eigenvalue weighted by Gasteiger charge is -2.12. The molecular formula is C16H16N4O5S. The molecule has 4 N–H and O–H groups in total. The molecule has 26 heavy (non-hydrogen) atoms. The summed E-state index contributed by atoms with van der Waals surface area (Å²) in [6.45, 7) is 1.99. The maximum Gasteiger partial charge on any atom is 0.226 e. The molecule has 3 aromatic rings. The van der Waals surface area contributed by atoms with E-state index in [1.807, 2.05) is 0 Å². The second-order valence-electron chi connectivity index (χ2n) is 5.37. The van der Waals surface area contributed by atoms with E-state index in [1.54, 1.807) is 23.7 Å². The van der Waals surface area contributed by atoms with Gasteiger partial charge >= 0.3 is 0 Å². The van der Waals surface area contributed by atoms with Gasteiger partial charge in [-0.3, -0.25) is 4.79 Å². The molecule has 3 rings (SSSR count). The summed E-state index contributed by atoms with van der Waals surface area (Å²) >= 11 is 1.28. The number of hydrogen-bond acceptors (Lipinski definition) is 9. The van der Waals surface area contributed by atoms with Crippen LogP contribution in [0.1, 0.15) is 17.1 Å². The van der Waals surface area contributed by atoms with Crippen molar-refractivity contribution in [2.45, 2.75) is 24.4 Å². The van der Waals surface area contributed by atoms with Crippen molar-refractivity contribution in [3.8, 4) is 17.2 Å². The van der Waals surface area contributed by atoms with Gasteiger partial charge in [0, 0.05) is 11.6 Å². The Bertz CT molecular complexity index is 985. The fourth-order valence-electron chi connectivity index (χ4n) is 2.16. The summed E-state index contributed by atoms with van der Waals surface area (Å²) in [6.07, 6.45) is 0.997. The first-order valence-electron chi connectivity index (χ1n) is 7.55. The Morgan fingerprint density at radius 3 is 2.81 bits per heavy atom. The molecule has 2 aromatic heterocycles. The molecule has 0 fully saturated rings. The average Bonchev–Trinajstić information content (AvgIpc) is 2.97. The second kappa shape index (κ2) is 7.40. The first-order valence-corrected chi connectivity index (χ1v) is 8.53. The van der Waals surface area contributed by atoms with Crippen LogP contribution in [0, 0.1) is 6.92 Å². The Kier molecular flexibility index (Phi) is 5.03. The van der Waals surface area contributed by atoms with Crippen molar-refractivity contribution in [3.63, 3.8) is 0 Å². The number of phenols is 2. The number of phenolic OH excluding ortho intramolecular Hbond substituents is 2. The largest absolute Gasteiger partial charge is 0.504 e. The van der Waals surface area contributed by atoms with Crippen molar-refractivity contribution in [3.05, 3.63) is 57.9 Å². The van der Waals surface area contributed by atoms with Crippen LogP contribution in [0.3, 0.4) is 0 Å². The molecule has 0 aliphatic heterocycles. The monoisotopic (exact) mass is 376 g/mol. The molecule has 0 unspecified atom stereocenters. The van der Waals surface area contributed by atoms with E-state index in [-0.39, 0.29) is 18.0 Å². The molecule has 2 heterocycles. The molecule has 0 atom stereocenters. The number of aromatic hydroxyl groups is 3. The van der Waals surface area contributed by atoms with Gasteiger partial charge in [0.1, 0.15) is 17.8 Å². The summed E-state index contributed by atoms with van der Waals surface area (Å²) in [5.41, 5.74) is 3.07. The minimum absolute atomic E-state index is 0.189. The number of nitrogens with zero attached hydrogens (tertiary/aromatic N) is 3. The molecule has 10 heteroatoms. The van der Waals surface area contributed by atoms with E-state index in [4.69, 9.17) is 4.42 Å². The van der Waals surface area contributed by atoms with Gasteiger partial charge in [0.15, 0.2) is 17.2 Å². The number of aromatic nitrogens is 3. The number of para-hydroxylation sites is 1. The van der Waals surface area contributed by atoms with Crippen LogP contribution in [0.25, 0.3) is 0 Å². The lowest BCUT2D eigenvalue weighted by molar-refractivity contribution is 0.399. The van der Waals surface area contributed by atoms with Gasteiger partial charge in [-0.05, 0) is 13.0 Å². The van der Waals surface area contributed by atoms with E-state index >= 15 is 0 Å². The van der Waals surface area contributed by atoms with Crippen LogP contribution in [-0.2, 0) is 12.3 Å². The molecule has 0 saturated heterocycles. The van der Waals surface area contributed by atoms with E-state index in [1.165, 1.54) is 23.9 Å². The first-order chi connectivity index (χ1) is 12.5. The van der Waals surface area contributed by atoms with Crippen molar-refractivity contribution in [1.82, 2.24) is 14.9 Å². The van der Waals surface area contributed by atoms with Crippen LogP contribution in [0.4, 0.5) is 0 Å². The highest BCUT2D eigenvalue weighted by Crippen LogP contribution is 2.28. The second-order valence-corrected chi connectivity index (χ2v) is 6.31. The van der Waals surface area contributed by atoms with Crippen molar-refractivity contribution in [2.75, 3.05) is 5.43 Å². The first kappa shape index (κ1) is 17.7. The van der Waals surface area contributed by atoms with Gasteiger partial charge in [-0.1, -0.05) is 23.9 Å². The molecule has 0 aliphatic rings. The molecule has 0 radical (unpaired) electrons. The zero-order valence-electron chi connectivity index (χ0n) is 13.7. The minimum Gasteiger partial charge on any atom is -0.504 e. The van der Waals surface area contributed by atoms with Crippen LogP contribution in [0.15, 0.2) is 44.9 Å². The summed E-state index contributed by atoms with van der Waals surface area (Å²) in [7, 11) is 0. The van der Waals surface area contributed by atoms with E-state index in [0.717, 1.165) is 6.26 Å². The quantitative estimate of drug-likeness (QED) is 0.374. The predicted molar refractivity (Wildman–Crippen MR) is 93.8 cm³/mol. The summed E-state index contributed by atoms with van der Waals surface area (Å²) in [5.74, 6) is 0.472. The Labute approximate surface area is 151 Å². The maximum absolute atomic E-state index is 11.4. The third-order valence-corrected chi connectivity index (χ3v) is 4.48. The molecule has 0 aliphatic carbocycles. The fourth-order valence-corrected chi connectivity index (χ4v) is 3.01. The molecular weight excluding hydrogens is 360 g/mol. The normalized spacial score (nSPS) is 10.8. The highest BCUT2D eigenvalue weighted by molar-refractivity contribution is 7.98. The van der Waals surface area contributed by atoms with Gasteiger partial charge in [-0.15, -0.1) is 10.2 Å². The minimum atomic E-state index is -0.512. The van der Waals surface area contributed by atoms with Crippen molar-refractivity contribution >= 4 is 11.8 Å². The van der Waals surface area contributed by atoms with Crippen LogP contribution in [0.5, 0.6) is 17.2 Å². The van der Waals surface area contributed by atoms with Crippen LogP contribution < -0.4 is 10.9 Å². The van der Waals surface area contributed by atoms with E-state index in [2.05, 4.69) is 15.6 Å². The number of hydrogen-bond donors (Lipinski definition) is 4. The number of rotatable bonds is 6. The summed E-state index contributed by atoms with van der Waals surface area (Å²) in [5, 5.41) is 37.2. The summed E-state index contributed by atoms with van der Waals surface area (Å²) in [4.78, 5) is 11.4. The summed E-state index contributed by atoms with van der Waals surface area (Å²) < 4.78 is 6.79. The van der Waals surface area contributed by atoms with Gasteiger partial charge in [0.05, 0.1) is 12.3 Å². The molecule has 0 spiro atoms. The van der Waals surface area contributed by atoms with Gasteiger partial charge < -0.3 is 25.2 Å². The fraction of sp³-hybridized carbons (Fsp3) is 0.188. The van der Waals surface area contributed by atoms with Gasteiger partial charge in [-0.25, -0.2) is 4.68 Å². The van der Waals surface area contributed by atoms with E-state index in [9.17, 15) is 20.1 Å². The third kappa shape index (κ3) is 3.75. The molecule has 0 amide bonds. The standard InChI is InChI=1S/C16H16N4O5S/c1-9-18-19-16(26-8-11-5-13(22)14(23)7-25-11)20(9)17-6-10-3-2-4-12(21)15(10)24/h2-5,7,17,21,23-24H,6,8H2,1H3. The van der Waals surface area contributed by atoms with Gasteiger partial charge in [-0.2, -0.15) is 0 Å². The zero-order chi connectivity index (χ0) is 18.7.